The van der Waals surface area contributed by atoms with Crippen LogP contribution < -0.4 is 10.6 Å². The third-order valence-corrected chi connectivity index (χ3v) is 3.50. The Balaban J connectivity index is 1.45. The molecular weight excluding hydrogens is 242 g/mol. The molecule has 0 radical (unpaired) electrons. The summed E-state index contributed by atoms with van der Waals surface area (Å²) in [5, 5.41) is 6.21. The summed E-state index contributed by atoms with van der Waals surface area (Å²) in [6.45, 7) is 2.67. The Bertz CT molecular complexity index is 439. The van der Waals surface area contributed by atoms with Gasteiger partial charge in [-0.2, -0.15) is 0 Å². The number of carbonyl (C=O) groups excluding carboxylic acids is 1. The molecule has 1 amide bonds. The van der Waals surface area contributed by atoms with E-state index in [4.69, 9.17) is 4.74 Å². The zero-order valence-corrected chi connectivity index (χ0v) is 10.9. The van der Waals surface area contributed by atoms with Gasteiger partial charge in [-0.15, -0.1) is 0 Å². The summed E-state index contributed by atoms with van der Waals surface area (Å²) in [6.07, 6.45) is 4.94. The average molecular weight is 261 g/mol. The van der Waals surface area contributed by atoms with E-state index in [-0.39, 0.29) is 5.91 Å². The molecule has 0 spiro atoms. The molecule has 5 nitrogen and oxygen atoms in total. The fourth-order valence-electron chi connectivity index (χ4n) is 1.98. The van der Waals surface area contributed by atoms with Crippen molar-refractivity contribution in [1.82, 2.24) is 10.3 Å². The lowest BCUT2D eigenvalue weighted by molar-refractivity contribution is -0.0337. The summed E-state index contributed by atoms with van der Waals surface area (Å²) in [7, 11) is 0. The molecule has 0 aromatic carbocycles. The lowest BCUT2D eigenvalue weighted by Crippen LogP contribution is -2.29. The van der Waals surface area contributed by atoms with Gasteiger partial charge in [-0.1, -0.05) is 0 Å². The van der Waals surface area contributed by atoms with E-state index in [1.165, 1.54) is 0 Å². The van der Waals surface area contributed by atoms with Crippen molar-refractivity contribution in [2.24, 2.45) is 5.92 Å². The molecule has 2 heterocycles. The largest absolute Gasteiger partial charge is 0.381 e. The first-order valence-electron chi connectivity index (χ1n) is 6.90. The lowest BCUT2D eigenvalue weighted by Gasteiger charge is -2.25. The van der Waals surface area contributed by atoms with Crippen molar-refractivity contribution in [2.75, 3.05) is 25.1 Å². The quantitative estimate of drug-likeness (QED) is 0.813. The summed E-state index contributed by atoms with van der Waals surface area (Å²) in [6, 6.07) is 4.06. The minimum Gasteiger partial charge on any atom is -0.381 e. The van der Waals surface area contributed by atoms with Gasteiger partial charge in [-0.05, 0) is 31.4 Å². The Labute approximate surface area is 112 Å². The van der Waals surface area contributed by atoms with Gasteiger partial charge < -0.3 is 15.4 Å². The number of carbonyl (C=O) groups is 1. The van der Waals surface area contributed by atoms with Gasteiger partial charge in [-0.3, -0.25) is 4.79 Å². The van der Waals surface area contributed by atoms with Gasteiger partial charge in [0.2, 0.25) is 0 Å². The Morgan fingerprint density at radius 2 is 2.21 bits per heavy atom. The fraction of sp³-hybridized carbons (Fsp3) is 0.571. The number of nitrogens with one attached hydrogen (secondary N) is 2. The molecule has 3 rings (SSSR count). The van der Waals surface area contributed by atoms with Gasteiger partial charge in [0.05, 0.1) is 18.8 Å². The minimum atomic E-state index is -0.0202. The van der Waals surface area contributed by atoms with E-state index in [2.05, 4.69) is 15.6 Å². The van der Waals surface area contributed by atoms with Gasteiger partial charge in [0.25, 0.3) is 5.91 Å². The molecule has 5 heteroatoms. The molecule has 0 atom stereocenters. The van der Waals surface area contributed by atoms with Crippen LogP contribution in [0, 0.1) is 5.92 Å². The summed E-state index contributed by atoms with van der Waals surface area (Å²) in [5.41, 5.74) is 0.629. The summed E-state index contributed by atoms with van der Waals surface area (Å²) >= 11 is 0. The van der Waals surface area contributed by atoms with Crippen LogP contribution in [-0.4, -0.2) is 36.7 Å². The highest BCUT2D eigenvalue weighted by molar-refractivity contribution is 5.94. The predicted octanol–water partition coefficient (Wildman–Crippen LogP) is 1.42. The van der Waals surface area contributed by atoms with Crippen LogP contribution in [0.2, 0.25) is 0 Å². The van der Waals surface area contributed by atoms with E-state index in [0.717, 1.165) is 44.8 Å². The highest BCUT2D eigenvalue weighted by Crippen LogP contribution is 2.19. The third kappa shape index (κ3) is 3.44. The topological polar surface area (TPSA) is 63.2 Å². The van der Waals surface area contributed by atoms with E-state index >= 15 is 0 Å². The van der Waals surface area contributed by atoms with Crippen LogP contribution in [0.15, 0.2) is 18.3 Å². The minimum absolute atomic E-state index is 0.0202. The van der Waals surface area contributed by atoms with Crippen molar-refractivity contribution in [2.45, 2.75) is 25.3 Å². The third-order valence-electron chi connectivity index (χ3n) is 3.50. The smallest absolute Gasteiger partial charge is 0.253 e. The van der Waals surface area contributed by atoms with E-state index in [9.17, 15) is 4.79 Å². The summed E-state index contributed by atoms with van der Waals surface area (Å²) in [5.74, 6) is 1.49. The average Bonchev–Trinajstić information content (AvgIpc) is 3.17. The Kier molecular flexibility index (Phi) is 3.64. The second kappa shape index (κ2) is 5.57. The first-order valence-corrected chi connectivity index (χ1v) is 6.90. The molecule has 2 aliphatic rings. The maximum absolute atomic E-state index is 11.8. The molecule has 2 fully saturated rings. The fourth-order valence-corrected chi connectivity index (χ4v) is 1.98. The molecular formula is C14H19N3O2. The molecule has 1 saturated carbocycles. The van der Waals surface area contributed by atoms with Crippen LogP contribution in [0.4, 0.5) is 5.82 Å². The van der Waals surface area contributed by atoms with Gasteiger partial charge in [-0.25, -0.2) is 4.98 Å². The highest BCUT2D eigenvalue weighted by Gasteiger charge is 2.23. The molecule has 1 aliphatic heterocycles. The molecule has 1 aromatic heterocycles. The number of nitrogens with zero attached hydrogens (tertiary/aromatic N) is 1. The standard InChI is InChI=1S/C14H19N3O2/c18-14(17-12-2-3-12)11-1-4-13(16-7-11)15-6-5-10-8-19-9-10/h1,4,7,10,12H,2-3,5-6,8-9H2,(H,15,16)(H,17,18). The van der Waals surface area contributed by atoms with Crippen molar-refractivity contribution in [3.05, 3.63) is 23.9 Å². The number of amides is 1. The second-order valence-corrected chi connectivity index (χ2v) is 5.30. The van der Waals surface area contributed by atoms with E-state index in [1.54, 1.807) is 6.20 Å². The van der Waals surface area contributed by atoms with E-state index in [0.29, 0.717) is 17.5 Å². The first-order chi connectivity index (χ1) is 9.31. The maximum atomic E-state index is 11.8. The van der Waals surface area contributed by atoms with E-state index in [1.807, 2.05) is 12.1 Å². The molecule has 0 unspecified atom stereocenters. The molecule has 1 aliphatic carbocycles. The van der Waals surface area contributed by atoms with Crippen LogP contribution in [-0.2, 0) is 4.74 Å². The zero-order chi connectivity index (χ0) is 13.1. The number of rotatable bonds is 6. The van der Waals surface area contributed by atoms with Crippen LogP contribution in [0.3, 0.4) is 0 Å². The summed E-state index contributed by atoms with van der Waals surface area (Å²) in [4.78, 5) is 16.0. The highest BCUT2D eigenvalue weighted by atomic mass is 16.5. The molecule has 2 N–H and O–H groups in total. The van der Waals surface area contributed by atoms with Gasteiger partial charge in [0.15, 0.2) is 0 Å². The molecule has 0 bridgehead atoms. The van der Waals surface area contributed by atoms with Crippen LogP contribution >= 0.6 is 0 Å². The van der Waals surface area contributed by atoms with Gasteiger partial charge in [0, 0.05) is 24.7 Å². The Hall–Kier alpha value is -1.62. The molecule has 1 aromatic rings. The Morgan fingerprint density at radius 1 is 1.37 bits per heavy atom. The zero-order valence-electron chi connectivity index (χ0n) is 10.9. The van der Waals surface area contributed by atoms with Gasteiger partial charge in [0.1, 0.15) is 5.82 Å². The van der Waals surface area contributed by atoms with Crippen LogP contribution in [0.5, 0.6) is 0 Å². The number of anilines is 1. The van der Waals surface area contributed by atoms with Crippen molar-refractivity contribution in [3.63, 3.8) is 0 Å². The van der Waals surface area contributed by atoms with Gasteiger partial charge >= 0.3 is 0 Å². The number of aromatic nitrogens is 1. The normalized spacial score (nSPS) is 18.7. The second-order valence-electron chi connectivity index (χ2n) is 5.30. The monoisotopic (exact) mass is 261 g/mol. The lowest BCUT2D eigenvalue weighted by atomic mass is 10.0. The summed E-state index contributed by atoms with van der Waals surface area (Å²) < 4.78 is 5.13. The maximum Gasteiger partial charge on any atom is 0.253 e. The van der Waals surface area contributed by atoms with E-state index < -0.39 is 0 Å². The molecule has 19 heavy (non-hydrogen) atoms. The van der Waals surface area contributed by atoms with Crippen molar-refractivity contribution < 1.29 is 9.53 Å². The van der Waals surface area contributed by atoms with Crippen molar-refractivity contribution in [1.29, 1.82) is 0 Å². The first kappa shape index (κ1) is 12.4. The number of hydrogen-bond acceptors (Lipinski definition) is 4. The number of hydrogen-bond donors (Lipinski definition) is 2. The van der Waals surface area contributed by atoms with Crippen LogP contribution in [0.1, 0.15) is 29.6 Å². The number of pyridine rings is 1. The van der Waals surface area contributed by atoms with Crippen molar-refractivity contribution >= 4 is 11.7 Å². The molecule has 102 valence electrons. The van der Waals surface area contributed by atoms with Crippen LogP contribution in [0.25, 0.3) is 0 Å². The predicted molar refractivity (Wildman–Crippen MR) is 72.1 cm³/mol. The number of ether oxygens (including phenoxy) is 1. The molecule has 1 saturated heterocycles. The SMILES string of the molecule is O=C(NC1CC1)c1ccc(NCCC2COC2)nc1. The van der Waals surface area contributed by atoms with Crippen molar-refractivity contribution in [3.8, 4) is 0 Å². The Morgan fingerprint density at radius 3 is 2.79 bits per heavy atom.